The number of halogens is 3. The van der Waals surface area contributed by atoms with Crippen LogP contribution in [0.2, 0.25) is 0 Å². The van der Waals surface area contributed by atoms with Gasteiger partial charge in [0.1, 0.15) is 13.2 Å². The third-order valence-electron chi connectivity index (χ3n) is 4.80. The molecule has 0 aliphatic carbocycles. The number of unbranched alkanes of at least 4 members (excludes halogenated alkanes) is 3. The van der Waals surface area contributed by atoms with Crippen LogP contribution in [0, 0.1) is 0 Å². The molecule has 6 nitrogen and oxygen atoms in total. The monoisotopic (exact) mass is 481 g/mol. The van der Waals surface area contributed by atoms with Gasteiger partial charge in [-0.1, -0.05) is 44.4 Å². The smallest absolute Gasteiger partial charge is 0.416 e. The molecule has 0 fully saturated rings. The van der Waals surface area contributed by atoms with Crippen molar-refractivity contribution in [3.8, 4) is 0 Å². The predicted molar refractivity (Wildman–Crippen MR) is 122 cm³/mol. The summed E-state index contributed by atoms with van der Waals surface area (Å²) in [6.07, 6.45) is -0.0550. The second-order valence-corrected chi connectivity index (χ2v) is 7.53. The van der Waals surface area contributed by atoms with Gasteiger partial charge in [-0.2, -0.15) is 13.2 Å². The molecule has 0 aliphatic heterocycles. The van der Waals surface area contributed by atoms with Crippen molar-refractivity contribution < 1.29 is 37.0 Å². The van der Waals surface area contributed by atoms with Gasteiger partial charge in [0.15, 0.2) is 0 Å². The number of alkyl halides is 3. The molecule has 0 bridgehead atoms. The minimum Gasteiger partial charge on any atom is -0.463 e. The zero-order valence-electron chi connectivity index (χ0n) is 19.2. The van der Waals surface area contributed by atoms with Crippen LogP contribution in [0.5, 0.6) is 0 Å². The van der Waals surface area contributed by atoms with Crippen LogP contribution in [0.15, 0.2) is 48.5 Å². The first-order valence-corrected chi connectivity index (χ1v) is 11.2. The second-order valence-electron chi connectivity index (χ2n) is 7.53. The minimum atomic E-state index is -4.47. The van der Waals surface area contributed by atoms with Crippen LogP contribution in [0.1, 0.15) is 54.9 Å². The average Bonchev–Trinajstić information content (AvgIpc) is 2.81. The molecule has 0 unspecified atom stereocenters. The molecule has 0 radical (unpaired) electrons. The number of esters is 2. The topological polar surface area (TPSA) is 73.9 Å². The molecule has 0 aliphatic rings. The summed E-state index contributed by atoms with van der Waals surface area (Å²) in [5.74, 6) is -0.895. The van der Waals surface area contributed by atoms with Crippen molar-refractivity contribution in [1.29, 1.82) is 0 Å². The van der Waals surface area contributed by atoms with Gasteiger partial charge in [-0.05, 0) is 36.8 Å². The Labute approximate surface area is 197 Å². The second kappa shape index (κ2) is 14.2. The number of hydrogen-bond donors (Lipinski definition) is 1. The molecular formula is C25H30F3NO5. The number of anilines is 2. The molecule has 9 heteroatoms. The molecule has 0 amide bonds. The fourth-order valence-corrected chi connectivity index (χ4v) is 3.05. The first-order valence-electron chi connectivity index (χ1n) is 11.2. The van der Waals surface area contributed by atoms with Crippen LogP contribution in [0.4, 0.5) is 24.5 Å². The van der Waals surface area contributed by atoms with Gasteiger partial charge >= 0.3 is 18.1 Å². The Morgan fingerprint density at radius 3 is 2.35 bits per heavy atom. The van der Waals surface area contributed by atoms with E-state index in [0.29, 0.717) is 12.1 Å². The summed E-state index contributed by atoms with van der Waals surface area (Å²) in [5, 5.41) is 2.84. The first kappa shape index (κ1) is 27.2. The van der Waals surface area contributed by atoms with E-state index in [-0.39, 0.29) is 43.6 Å². The maximum absolute atomic E-state index is 12.9. The molecule has 0 heterocycles. The van der Waals surface area contributed by atoms with E-state index >= 15 is 0 Å². The molecule has 2 aromatic rings. The Morgan fingerprint density at radius 2 is 1.62 bits per heavy atom. The molecule has 0 saturated heterocycles. The molecular weight excluding hydrogens is 451 g/mol. The van der Waals surface area contributed by atoms with Crippen molar-refractivity contribution in [3.05, 3.63) is 59.7 Å². The molecule has 0 atom stereocenters. The van der Waals surface area contributed by atoms with E-state index in [2.05, 4.69) is 12.2 Å². The lowest BCUT2D eigenvalue weighted by Crippen LogP contribution is -2.15. The lowest BCUT2D eigenvalue weighted by molar-refractivity contribution is -0.145. The normalized spacial score (nSPS) is 11.2. The van der Waals surface area contributed by atoms with Crippen LogP contribution in [-0.4, -0.2) is 38.4 Å². The Kier molecular flexibility index (Phi) is 11.4. The lowest BCUT2D eigenvalue weighted by Gasteiger charge is -2.13. The maximum Gasteiger partial charge on any atom is 0.416 e. The highest BCUT2D eigenvalue weighted by molar-refractivity contribution is 5.96. The lowest BCUT2D eigenvalue weighted by atomic mass is 10.1. The van der Waals surface area contributed by atoms with Crippen LogP contribution in [0.3, 0.4) is 0 Å². The van der Waals surface area contributed by atoms with Crippen LogP contribution < -0.4 is 5.32 Å². The summed E-state index contributed by atoms with van der Waals surface area (Å²) in [7, 11) is 0. The number of hydrogen-bond acceptors (Lipinski definition) is 6. The summed E-state index contributed by atoms with van der Waals surface area (Å²) < 4.78 is 54.4. The van der Waals surface area contributed by atoms with E-state index < -0.39 is 17.7 Å². The Bertz CT molecular complexity index is 917. The van der Waals surface area contributed by atoms with Gasteiger partial charge < -0.3 is 19.5 Å². The fraction of sp³-hybridized carbons (Fsp3) is 0.440. The van der Waals surface area contributed by atoms with Crippen molar-refractivity contribution in [1.82, 2.24) is 0 Å². The van der Waals surface area contributed by atoms with E-state index in [1.165, 1.54) is 18.2 Å². The van der Waals surface area contributed by atoms with Gasteiger partial charge in [0.05, 0.1) is 30.0 Å². The zero-order chi connectivity index (χ0) is 24.8. The summed E-state index contributed by atoms with van der Waals surface area (Å²) >= 11 is 0. The highest BCUT2D eigenvalue weighted by atomic mass is 19.4. The van der Waals surface area contributed by atoms with Crippen molar-refractivity contribution in [2.75, 3.05) is 31.7 Å². The Morgan fingerprint density at radius 1 is 0.882 bits per heavy atom. The van der Waals surface area contributed by atoms with E-state index in [0.717, 1.165) is 37.8 Å². The van der Waals surface area contributed by atoms with Gasteiger partial charge in [0.2, 0.25) is 0 Å². The van der Waals surface area contributed by atoms with E-state index in [4.69, 9.17) is 14.2 Å². The number of carbonyl (C=O) groups is 2. The SMILES string of the molecule is CCCCCCC(=O)OCCOCCOC(=O)c1ccccc1Nc1cccc(C(F)(F)F)c1. The average molecular weight is 482 g/mol. The number of nitrogens with one attached hydrogen (secondary N) is 1. The molecule has 0 saturated carbocycles. The van der Waals surface area contributed by atoms with Crippen LogP contribution in [-0.2, 0) is 25.2 Å². The number of rotatable bonds is 14. The Balaban J connectivity index is 1.74. The standard InChI is InChI=1S/C25H30F3NO5/c1-2-3-4-5-13-23(30)33-16-14-32-15-17-34-24(31)21-11-6-7-12-22(21)29-20-10-8-9-19(18-20)25(26,27)28/h6-12,18,29H,2-5,13-17H2,1H3. The third kappa shape index (κ3) is 9.82. The highest BCUT2D eigenvalue weighted by Gasteiger charge is 2.30. The van der Waals surface area contributed by atoms with Crippen LogP contribution >= 0.6 is 0 Å². The molecule has 0 aromatic heterocycles. The molecule has 0 spiro atoms. The predicted octanol–water partition coefficient (Wildman–Crippen LogP) is 6.14. The molecule has 34 heavy (non-hydrogen) atoms. The van der Waals surface area contributed by atoms with Gasteiger partial charge in [0, 0.05) is 12.1 Å². The quantitative estimate of drug-likeness (QED) is 0.258. The zero-order valence-corrected chi connectivity index (χ0v) is 19.2. The summed E-state index contributed by atoms with van der Waals surface area (Å²) in [6.45, 7) is 2.50. The maximum atomic E-state index is 12.9. The van der Waals surface area contributed by atoms with E-state index in [9.17, 15) is 22.8 Å². The van der Waals surface area contributed by atoms with Gasteiger partial charge in [0.25, 0.3) is 0 Å². The minimum absolute atomic E-state index is 0.0261. The van der Waals surface area contributed by atoms with Gasteiger partial charge in [-0.3, -0.25) is 4.79 Å². The number of carbonyl (C=O) groups excluding carboxylic acids is 2. The van der Waals surface area contributed by atoms with Crippen molar-refractivity contribution in [3.63, 3.8) is 0 Å². The summed E-state index contributed by atoms with van der Waals surface area (Å²) in [5.41, 5.74) is -0.106. The van der Waals surface area contributed by atoms with Gasteiger partial charge in [-0.15, -0.1) is 0 Å². The largest absolute Gasteiger partial charge is 0.463 e. The Hall–Kier alpha value is -3.07. The van der Waals surface area contributed by atoms with Gasteiger partial charge in [-0.25, -0.2) is 4.79 Å². The third-order valence-corrected chi connectivity index (χ3v) is 4.80. The summed E-state index contributed by atoms with van der Waals surface area (Å²) in [6, 6.07) is 11.1. The molecule has 2 rings (SSSR count). The summed E-state index contributed by atoms with van der Waals surface area (Å²) in [4.78, 5) is 24.0. The molecule has 1 N–H and O–H groups in total. The van der Waals surface area contributed by atoms with E-state index in [1.54, 1.807) is 18.2 Å². The number of benzene rings is 2. The number of ether oxygens (including phenoxy) is 3. The number of para-hydroxylation sites is 1. The van der Waals surface area contributed by atoms with Crippen molar-refractivity contribution in [2.24, 2.45) is 0 Å². The van der Waals surface area contributed by atoms with Crippen LogP contribution in [0.25, 0.3) is 0 Å². The van der Waals surface area contributed by atoms with Crippen molar-refractivity contribution >= 4 is 23.3 Å². The van der Waals surface area contributed by atoms with Crippen molar-refractivity contribution in [2.45, 2.75) is 45.2 Å². The van der Waals surface area contributed by atoms with E-state index in [1.807, 2.05) is 0 Å². The fourth-order valence-electron chi connectivity index (χ4n) is 3.05. The molecule has 2 aromatic carbocycles. The highest BCUT2D eigenvalue weighted by Crippen LogP contribution is 2.32. The molecule has 186 valence electrons. The first-order chi connectivity index (χ1) is 16.3.